The van der Waals surface area contributed by atoms with E-state index in [0.29, 0.717) is 0 Å². The number of hydrogen-bond donors (Lipinski definition) is 1. The van der Waals surface area contributed by atoms with Crippen LogP contribution < -0.4 is 0 Å². The highest BCUT2D eigenvalue weighted by atomic mass is 32.2. The number of aliphatic hydroxyl groups is 1. The second-order valence-corrected chi connectivity index (χ2v) is 4.57. The first-order valence-electron chi connectivity index (χ1n) is 4.90. The van der Waals surface area contributed by atoms with Crippen molar-refractivity contribution in [2.75, 3.05) is 12.0 Å². The summed E-state index contributed by atoms with van der Waals surface area (Å²) in [5.41, 5.74) is 3.56. The molecule has 0 aromatic heterocycles. The maximum atomic E-state index is 9.94. The fourth-order valence-electron chi connectivity index (χ4n) is 1.52. The van der Waals surface area contributed by atoms with Crippen molar-refractivity contribution in [1.82, 2.24) is 0 Å². The summed E-state index contributed by atoms with van der Waals surface area (Å²) in [6.07, 6.45) is 2.60. The minimum absolute atomic E-state index is 0.303. The molecule has 0 aliphatic rings. The smallest absolute Gasteiger partial charge is 0.0800 e. The Balaban J connectivity index is 2.79. The molecule has 0 fully saturated rings. The average molecular weight is 210 g/mol. The van der Waals surface area contributed by atoms with Gasteiger partial charge in [-0.3, -0.25) is 0 Å². The van der Waals surface area contributed by atoms with Crippen LogP contribution in [0.4, 0.5) is 0 Å². The summed E-state index contributed by atoms with van der Waals surface area (Å²) in [5.74, 6) is 1.01. The zero-order valence-electron chi connectivity index (χ0n) is 9.08. The van der Waals surface area contributed by atoms with Gasteiger partial charge in [-0.1, -0.05) is 18.2 Å². The van der Waals surface area contributed by atoms with Crippen molar-refractivity contribution in [2.45, 2.75) is 26.4 Å². The lowest BCUT2D eigenvalue weighted by molar-refractivity contribution is 0.174. The quantitative estimate of drug-likeness (QED) is 0.824. The molecule has 0 aliphatic carbocycles. The average Bonchev–Trinajstić information content (AvgIpc) is 2.18. The molecule has 1 N–H and O–H groups in total. The van der Waals surface area contributed by atoms with Gasteiger partial charge in [0.15, 0.2) is 0 Å². The van der Waals surface area contributed by atoms with Gasteiger partial charge in [-0.25, -0.2) is 0 Å². The number of rotatable bonds is 4. The van der Waals surface area contributed by atoms with E-state index in [4.69, 9.17) is 0 Å². The molecule has 0 radical (unpaired) electrons. The van der Waals surface area contributed by atoms with Crippen LogP contribution in [0.3, 0.4) is 0 Å². The first-order chi connectivity index (χ1) is 6.66. The standard InChI is InChI=1S/C12H18OS/c1-9-5-4-6-11(10(9)2)12(13)7-8-14-3/h4-6,12-13H,7-8H2,1-3H3. The molecule has 1 atom stereocenters. The van der Waals surface area contributed by atoms with Crippen molar-refractivity contribution in [1.29, 1.82) is 0 Å². The Hall–Kier alpha value is -0.470. The van der Waals surface area contributed by atoms with Gasteiger partial charge in [0.1, 0.15) is 0 Å². The van der Waals surface area contributed by atoms with Gasteiger partial charge in [0.25, 0.3) is 0 Å². The molecule has 0 bridgehead atoms. The SMILES string of the molecule is CSCCC(O)c1cccc(C)c1C. The summed E-state index contributed by atoms with van der Waals surface area (Å²) in [6.45, 7) is 4.16. The van der Waals surface area contributed by atoms with E-state index in [2.05, 4.69) is 26.2 Å². The van der Waals surface area contributed by atoms with Gasteiger partial charge in [-0.15, -0.1) is 0 Å². The summed E-state index contributed by atoms with van der Waals surface area (Å²) in [5, 5.41) is 9.94. The largest absolute Gasteiger partial charge is 0.388 e. The second-order valence-electron chi connectivity index (χ2n) is 3.59. The van der Waals surface area contributed by atoms with Crippen LogP contribution in [0, 0.1) is 13.8 Å². The predicted molar refractivity (Wildman–Crippen MR) is 63.9 cm³/mol. The summed E-state index contributed by atoms with van der Waals surface area (Å²) in [7, 11) is 0. The number of benzene rings is 1. The van der Waals surface area contributed by atoms with Crippen molar-refractivity contribution in [3.05, 3.63) is 34.9 Å². The molecular formula is C12H18OS. The number of thioether (sulfide) groups is 1. The van der Waals surface area contributed by atoms with Gasteiger partial charge in [-0.2, -0.15) is 11.8 Å². The highest BCUT2D eigenvalue weighted by molar-refractivity contribution is 7.98. The maximum Gasteiger partial charge on any atom is 0.0800 e. The van der Waals surface area contributed by atoms with Gasteiger partial charge < -0.3 is 5.11 Å². The van der Waals surface area contributed by atoms with Gasteiger partial charge in [-0.05, 0) is 49.0 Å². The molecule has 0 saturated carbocycles. The molecule has 1 rings (SSSR count). The lowest BCUT2D eigenvalue weighted by Gasteiger charge is -2.14. The number of aryl methyl sites for hydroxylation is 1. The van der Waals surface area contributed by atoms with Crippen molar-refractivity contribution >= 4 is 11.8 Å². The van der Waals surface area contributed by atoms with E-state index in [9.17, 15) is 5.11 Å². The first kappa shape index (κ1) is 11.6. The van der Waals surface area contributed by atoms with Gasteiger partial charge in [0.05, 0.1) is 6.10 Å². The third kappa shape index (κ3) is 2.76. The minimum atomic E-state index is -0.303. The Morgan fingerprint density at radius 3 is 2.71 bits per heavy atom. The molecule has 1 nitrogen and oxygen atoms in total. The summed E-state index contributed by atoms with van der Waals surface area (Å²) < 4.78 is 0. The second kappa shape index (κ2) is 5.42. The van der Waals surface area contributed by atoms with Gasteiger partial charge >= 0.3 is 0 Å². The Bertz CT molecular complexity index is 296. The van der Waals surface area contributed by atoms with E-state index < -0.39 is 0 Å². The Morgan fingerprint density at radius 2 is 2.07 bits per heavy atom. The zero-order valence-corrected chi connectivity index (χ0v) is 9.90. The fourth-order valence-corrected chi connectivity index (χ4v) is 1.98. The van der Waals surface area contributed by atoms with E-state index in [1.807, 2.05) is 12.1 Å². The summed E-state index contributed by atoms with van der Waals surface area (Å²) in [4.78, 5) is 0. The van der Waals surface area contributed by atoms with Crippen LogP contribution >= 0.6 is 11.8 Å². The molecule has 14 heavy (non-hydrogen) atoms. The van der Waals surface area contributed by atoms with Crippen LogP contribution in [0.2, 0.25) is 0 Å². The fraction of sp³-hybridized carbons (Fsp3) is 0.500. The highest BCUT2D eigenvalue weighted by Crippen LogP contribution is 2.23. The van der Waals surface area contributed by atoms with Crippen LogP contribution in [-0.2, 0) is 0 Å². The molecule has 0 saturated heterocycles. The number of aliphatic hydroxyl groups excluding tert-OH is 1. The van der Waals surface area contributed by atoms with E-state index >= 15 is 0 Å². The van der Waals surface area contributed by atoms with Crippen LogP contribution in [-0.4, -0.2) is 17.1 Å². The number of hydrogen-bond acceptors (Lipinski definition) is 2. The monoisotopic (exact) mass is 210 g/mol. The molecule has 0 aliphatic heterocycles. The van der Waals surface area contributed by atoms with E-state index in [1.54, 1.807) is 11.8 Å². The Morgan fingerprint density at radius 1 is 1.36 bits per heavy atom. The molecule has 1 aromatic rings. The van der Waals surface area contributed by atoms with Crippen molar-refractivity contribution < 1.29 is 5.11 Å². The summed E-state index contributed by atoms with van der Waals surface area (Å²) >= 11 is 1.77. The predicted octanol–water partition coefficient (Wildman–Crippen LogP) is 3.09. The molecule has 0 amide bonds. The third-order valence-electron chi connectivity index (χ3n) is 2.60. The Labute approximate surface area is 90.5 Å². The van der Waals surface area contributed by atoms with Crippen molar-refractivity contribution in [2.24, 2.45) is 0 Å². The minimum Gasteiger partial charge on any atom is -0.388 e. The molecule has 0 heterocycles. The molecule has 78 valence electrons. The molecule has 2 heteroatoms. The zero-order chi connectivity index (χ0) is 10.6. The van der Waals surface area contributed by atoms with E-state index in [0.717, 1.165) is 17.7 Å². The van der Waals surface area contributed by atoms with E-state index in [-0.39, 0.29) is 6.10 Å². The summed E-state index contributed by atoms with van der Waals surface area (Å²) in [6, 6.07) is 6.12. The van der Waals surface area contributed by atoms with Crippen LogP contribution in [0.5, 0.6) is 0 Å². The van der Waals surface area contributed by atoms with Crippen LogP contribution in [0.15, 0.2) is 18.2 Å². The van der Waals surface area contributed by atoms with Crippen LogP contribution in [0.1, 0.15) is 29.2 Å². The van der Waals surface area contributed by atoms with E-state index in [1.165, 1.54) is 11.1 Å². The van der Waals surface area contributed by atoms with Gasteiger partial charge in [0.2, 0.25) is 0 Å². The topological polar surface area (TPSA) is 20.2 Å². The maximum absolute atomic E-state index is 9.94. The lowest BCUT2D eigenvalue weighted by atomic mass is 9.98. The van der Waals surface area contributed by atoms with Crippen LogP contribution in [0.25, 0.3) is 0 Å². The van der Waals surface area contributed by atoms with Gasteiger partial charge in [0, 0.05) is 0 Å². The molecular weight excluding hydrogens is 192 g/mol. The first-order valence-corrected chi connectivity index (χ1v) is 6.29. The van der Waals surface area contributed by atoms with Crippen molar-refractivity contribution in [3.63, 3.8) is 0 Å². The lowest BCUT2D eigenvalue weighted by Crippen LogP contribution is -2.02. The Kier molecular flexibility index (Phi) is 4.49. The molecule has 0 spiro atoms. The normalized spacial score (nSPS) is 12.9. The highest BCUT2D eigenvalue weighted by Gasteiger charge is 2.10. The molecule has 1 aromatic carbocycles. The van der Waals surface area contributed by atoms with Crippen molar-refractivity contribution in [3.8, 4) is 0 Å². The molecule has 1 unspecified atom stereocenters. The third-order valence-corrected chi connectivity index (χ3v) is 3.24.